The molecule has 0 amide bonds. The van der Waals surface area contributed by atoms with Gasteiger partial charge in [0.25, 0.3) is 0 Å². The van der Waals surface area contributed by atoms with E-state index in [1.54, 1.807) is 6.92 Å². The van der Waals surface area contributed by atoms with Gasteiger partial charge < -0.3 is 15.2 Å². The predicted molar refractivity (Wildman–Crippen MR) is 75.4 cm³/mol. The largest absolute Gasteiger partial charge is 0.472 e. The van der Waals surface area contributed by atoms with Crippen LogP contribution < -0.4 is 10.5 Å². The van der Waals surface area contributed by atoms with Crippen LogP contribution in [-0.4, -0.2) is 17.6 Å². The molecule has 0 spiro atoms. The number of carbonyl (C=O) groups excluding carboxylic acids is 1. The lowest BCUT2D eigenvalue weighted by molar-refractivity contribution is 0.0520. The normalized spacial score (nSPS) is 10.1. The lowest BCUT2D eigenvalue weighted by atomic mass is 10.2. The van der Waals surface area contributed by atoms with E-state index in [-0.39, 0.29) is 18.1 Å². The Hall–Kier alpha value is -2.56. The van der Waals surface area contributed by atoms with Crippen molar-refractivity contribution >= 4 is 11.7 Å². The molecule has 0 saturated carbocycles. The minimum absolute atomic E-state index is 0.224. The van der Waals surface area contributed by atoms with Gasteiger partial charge in [0.15, 0.2) is 0 Å². The van der Waals surface area contributed by atoms with E-state index < -0.39 is 5.97 Å². The van der Waals surface area contributed by atoms with Crippen LogP contribution >= 0.6 is 0 Å². The number of nitrogen functional groups attached to an aromatic ring is 1. The minimum Gasteiger partial charge on any atom is -0.472 e. The zero-order valence-electron chi connectivity index (χ0n) is 11.2. The summed E-state index contributed by atoms with van der Waals surface area (Å²) in [5.41, 5.74) is 7.26. The molecule has 0 aliphatic rings. The van der Waals surface area contributed by atoms with Crippen LogP contribution in [0.15, 0.2) is 42.6 Å². The summed E-state index contributed by atoms with van der Waals surface area (Å²) in [5, 5.41) is 0. The summed E-state index contributed by atoms with van der Waals surface area (Å²) >= 11 is 0. The highest BCUT2D eigenvalue weighted by Crippen LogP contribution is 2.20. The molecule has 1 heterocycles. The van der Waals surface area contributed by atoms with Crippen LogP contribution in [-0.2, 0) is 11.3 Å². The van der Waals surface area contributed by atoms with Gasteiger partial charge in [-0.3, -0.25) is 0 Å². The molecule has 0 saturated heterocycles. The molecule has 1 aromatic carbocycles. The van der Waals surface area contributed by atoms with Crippen molar-refractivity contribution in [1.29, 1.82) is 0 Å². The van der Waals surface area contributed by atoms with E-state index in [2.05, 4.69) is 4.98 Å². The fourth-order valence-corrected chi connectivity index (χ4v) is 1.66. The lowest BCUT2D eigenvalue weighted by Gasteiger charge is -2.10. The van der Waals surface area contributed by atoms with Crippen molar-refractivity contribution in [3.05, 3.63) is 53.7 Å². The second-order valence-electron chi connectivity index (χ2n) is 4.12. The maximum Gasteiger partial charge on any atom is 0.343 e. The smallest absolute Gasteiger partial charge is 0.343 e. The zero-order chi connectivity index (χ0) is 14.4. The second-order valence-corrected chi connectivity index (χ2v) is 4.12. The first kappa shape index (κ1) is 13.9. The van der Waals surface area contributed by atoms with Gasteiger partial charge in [-0.05, 0) is 18.6 Å². The van der Waals surface area contributed by atoms with Crippen molar-refractivity contribution in [2.75, 3.05) is 12.3 Å². The van der Waals surface area contributed by atoms with Gasteiger partial charge >= 0.3 is 5.97 Å². The van der Waals surface area contributed by atoms with Crippen LogP contribution in [0.5, 0.6) is 5.88 Å². The molecule has 0 aliphatic heterocycles. The average molecular weight is 272 g/mol. The van der Waals surface area contributed by atoms with Crippen molar-refractivity contribution in [2.45, 2.75) is 13.5 Å². The standard InChI is InChI=1S/C15H16N2O3/c1-2-19-15(18)13-8-12(16)9-17-14(13)20-10-11-6-4-3-5-7-11/h3-9H,2,10,16H2,1H3. The molecule has 0 fully saturated rings. The topological polar surface area (TPSA) is 74.4 Å². The molecular weight excluding hydrogens is 256 g/mol. The van der Waals surface area contributed by atoms with E-state index in [0.29, 0.717) is 12.3 Å². The molecular formula is C15H16N2O3. The Balaban J connectivity index is 2.16. The zero-order valence-corrected chi connectivity index (χ0v) is 11.2. The summed E-state index contributed by atoms with van der Waals surface area (Å²) in [6.07, 6.45) is 1.45. The van der Waals surface area contributed by atoms with Gasteiger partial charge in [0, 0.05) is 0 Å². The Morgan fingerprint density at radius 1 is 1.30 bits per heavy atom. The number of nitrogens with two attached hydrogens (primary N) is 1. The highest BCUT2D eigenvalue weighted by molar-refractivity contribution is 5.92. The van der Waals surface area contributed by atoms with Gasteiger partial charge in [-0.1, -0.05) is 30.3 Å². The lowest BCUT2D eigenvalue weighted by Crippen LogP contribution is -2.10. The van der Waals surface area contributed by atoms with Crippen molar-refractivity contribution < 1.29 is 14.3 Å². The summed E-state index contributed by atoms with van der Waals surface area (Å²) in [6.45, 7) is 2.35. The summed E-state index contributed by atoms with van der Waals surface area (Å²) in [6, 6.07) is 11.1. The first-order valence-electron chi connectivity index (χ1n) is 6.30. The van der Waals surface area contributed by atoms with E-state index in [9.17, 15) is 4.79 Å². The molecule has 0 unspecified atom stereocenters. The van der Waals surface area contributed by atoms with E-state index >= 15 is 0 Å². The Morgan fingerprint density at radius 3 is 2.75 bits per heavy atom. The molecule has 0 aliphatic carbocycles. The molecule has 5 heteroatoms. The number of hydrogen-bond acceptors (Lipinski definition) is 5. The summed E-state index contributed by atoms with van der Waals surface area (Å²) in [7, 11) is 0. The van der Waals surface area contributed by atoms with E-state index in [1.807, 2.05) is 30.3 Å². The van der Waals surface area contributed by atoms with Crippen LogP contribution in [0.4, 0.5) is 5.69 Å². The number of ether oxygens (including phenoxy) is 2. The molecule has 20 heavy (non-hydrogen) atoms. The van der Waals surface area contributed by atoms with Gasteiger partial charge in [-0.2, -0.15) is 0 Å². The maximum atomic E-state index is 11.8. The fourth-order valence-electron chi connectivity index (χ4n) is 1.66. The third-order valence-corrected chi connectivity index (χ3v) is 2.59. The van der Waals surface area contributed by atoms with Gasteiger partial charge in [-0.15, -0.1) is 0 Å². The first-order valence-corrected chi connectivity index (χ1v) is 6.30. The van der Waals surface area contributed by atoms with Crippen molar-refractivity contribution in [3.8, 4) is 5.88 Å². The Kier molecular flexibility index (Phi) is 4.55. The van der Waals surface area contributed by atoms with Crippen LogP contribution in [0, 0.1) is 0 Å². The van der Waals surface area contributed by atoms with Crippen LogP contribution in [0.2, 0.25) is 0 Å². The number of rotatable bonds is 5. The average Bonchev–Trinajstić information content (AvgIpc) is 2.47. The third kappa shape index (κ3) is 3.47. The molecule has 2 rings (SSSR count). The Morgan fingerprint density at radius 2 is 2.05 bits per heavy atom. The number of hydrogen-bond donors (Lipinski definition) is 1. The number of benzene rings is 1. The molecule has 5 nitrogen and oxygen atoms in total. The van der Waals surface area contributed by atoms with Gasteiger partial charge in [0.1, 0.15) is 12.2 Å². The van der Waals surface area contributed by atoms with E-state index in [1.165, 1.54) is 12.3 Å². The van der Waals surface area contributed by atoms with Gasteiger partial charge in [-0.25, -0.2) is 9.78 Å². The first-order chi connectivity index (χ1) is 9.70. The summed E-state index contributed by atoms with van der Waals surface area (Å²) in [5.74, 6) is -0.267. The van der Waals surface area contributed by atoms with Crippen molar-refractivity contribution in [2.24, 2.45) is 0 Å². The van der Waals surface area contributed by atoms with Crippen LogP contribution in [0.1, 0.15) is 22.8 Å². The quantitative estimate of drug-likeness (QED) is 0.846. The molecule has 0 atom stereocenters. The highest BCUT2D eigenvalue weighted by atomic mass is 16.5. The van der Waals surface area contributed by atoms with Crippen molar-refractivity contribution in [1.82, 2.24) is 4.98 Å². The fraction of sp³-hybridized carbons (Fsp3) is 0.200. The number of carbonyl (C=O) groups is 1. The monoisotopic (exact) mass is 272 g/mol. The number of anilines is 1. The predicted octanol–water partition coefficient (Wildman–Crippen LogP) is 2.42. The van der Waals surface area contributed by atoms with Crippen LogP contribution in [0.25, 0.3) is 0 Å². The molecule has 0 bridgehead atoms. The number of aromatic nitrogens is 1. The SMILES string of the molecule is CCOC(=O)c1cc(N)cnc1OCc1ccccc1. The second kappa shape index (κ2) is 6.56. The maximum absolute atomic E-state index is 11.8. The van der Waals surface area contributed by atoms with Gasteiger partial charge in [0.05, 0.1) is 18.5 Å². The van der Waals surface area contributed by atoms with Crippen molar-refractivity contribution in [3.63, 3.8) is 0 Å². The summed E-state index contributed by atoms with van der Waals surface area (Å²) in [4.78, 5) is 15.9. The number of esters is 1. The van der Waals surface area contributed by atoms with E-state index in [4.69, 9.17) is 15.2 Å². The molecule has 1 aromatic heterocycles. The van der Waals surface area contributed by atoms with Gasteiger partial charge in [0.2, 0.25) is 5.88 Å². The highest BCUT2D eigenvalue weighted by Gasteiger charge is 2.16. The third-order valence-electron chi connectivity index (χ3n) is 2.59. The summed E-state index contributed by atoms with van der Waals surface area (Å²) < 4.78 is 10.5. The Labute approximate surface area is 117 Å². The molecule has 2 aromatic rings. The molecule has 104 valence electrons. The number of nitrogens with zero attached hydrogens (tertiary/aromatic N) is 1. The van der Waals surface area contributed by atoms with E-state index in [0.717, 1.165) is 5.56 Å². The Bertz CT molecular complexity index is 585. The van der Waals surface area contributed by atoms with Crippen LogP contribution in [0.3, 0.4) is 0 Å². The number of pyridine rings is 1. The minimum atomic E-state index is -0.490. The molecule has 0 radical (unpaired) electrons. The molecule has 2 N–H and O–H groups in total.